The van der Waals surface area contributed by atoms with Crippen LogP contribution >= 0.6 is 0 Å². The molecular weight excluding hydrogens is 348 g/mol. The number of nitrogens with one attached hydrogen (secondary N) is 3. The Balaban J connectivity index is 1.36. The highest BCUT2D eigenvalue weighted by molar-refractivity contribution is 6.02. The molecule has 0 bridgehead atoms. The summed E-state index contributed by atoms with van der Waals surface area (Å²) in [5.74, 6) is -0.0765. The molecule has 8 nitrogen and oxygen atoms in total. The summed E-state index contributed by atoms with van der Waals surface area (Å²) >= 11 is 0. The second-order valence-corrected chi connectivity index (χ2v) is 6.20. The highest BCUT2D eigenvalue weighted by atomic mass is 16.5. The van der Waals surface area contributed by atoms with Crippen molar-refractivity contribution in [3.63, 3.8) is 0 Å². The van der Waals surface area contributed by atoms with E-state index in [0.717, 1.165) is 39.3 Å². The van der Waals surface area contributed by atoms with E-state index in [4.69, 9.17) is 9.15 Å². The molecule has 0 spiro atoms. The maximum absolute atomic E-state index is 11.9. The molecule has 0 saturated carbocycles. The smallest absolute Gasteiger partial charge is 0.319 e. The topological polar surface area (TPSA) is 95.8 Å². The molecular formula is C19H24N4O4. The lowest BCUT2D eigenvalue weighted by Gasteiger charge is -2.26. The van der Waals surface area contributed by atoms with Gasteiger partial charge in [0.05, 0.1) is 19.5 Å². The van der Waals surface area contributed by atoms with E-state index in [1.165, 1.54) is 6.26 Å². The van der Waals surface area contributed by atoms with Gasteiger partial charge in [-0.2, -0.15) is 0 Å². The zero-order chi connectivity index (χ0) is 18.9. The van der Waals surface area contributed by atoms with E-state index in [0.29, 0.717) is 17.9 Å². The minimum Gasteiger partial charge on any atom is -0.459 e. The molecule has 8 heteroatoms. The maximum Gasteiger partial charge on any atom is 0.319 e. The Morgan fingerprint density at radius 3 is 2.37 bits per heavy atom. The van der Waals surface area contributed by atoms with Crippen molar-refractivity contribution in [2.24, 2.45) is 0 Å². The van der Waals surface area contributed by atoms with Crippen molar-refractivity contribution in [3.05, 3.63) is 48.4 Å². The predicted molar refractivity (Wildman–Crippen MR) is 102 cm³/mol. The Bertz CT molecular complexity index is 725. The Morgan fingerprint density at radius 1 is 1.00 bits per heavy atom. The maximum atomic E-state index is 11.9. The van der Waals surface area contributed by atoms with E-state index in [-0.39, 0.29) is 17.7 Å². The lowest BCUT2D eigenvalue weighted by molar-refractivity contribution is 0.0375. The van der Waals surface area contributed by atoms with Gasteiger partial charge in [-0.25, -0.2) is 4.79 Å². The van der Waals surface area contributed by atoms with Gasteiger partial charge < -0.3 is 25.1 Å². The van der Waals surface area contributed by atoms with Crippen molar-refractivity contribution in [1.29, 1.82) is 0 Å². The number of carbonyl (C=O) groups excluding carboxylic acids is 2. The molecule has 144 valence electrons. The van der Waals surface area contributed by atoms with E-state index >= 15 is 0 Å². The third kappa shape index (κ3) is 6.12. The third-order valence-electron chi connectivity index (χ3n) is 4.19. The Kier molecular flexibility index (Phi) is 6.84. The highest BCUT2D eigenvalue weighted by Gasteiger charge is 2.10. The number of rotatable bonds is 7. The van der Waals surface area contributed by atoms with Crippen LogP contribution in [0.3, 0.4) is 0 Å². The first kappa shape index (κ1) is 18.9. The SMILES string of the molecule is O=C(NCCCN1CCOCC1)Nc1ccc(NC(=O)c2ccco2)cc1. The van der Waals surface area contributed by atoms with E-state index < -0.39 is 0 Å². The summed E-state index contributed by atoms with van der Waals surface area (Å²) in [6.45, 7) is 5.04. The van der Waals surface area contributed by atoms with Crippen molar-refractivity contribution >= 4 is 23.3 Å². The molecule has 0 atom stereocenters. The normalized spacial score (nSPS) is 14.5. The molecule has 1 fully saturated rings. The van der Waals surface area contributed by atoms with Crippen molar-refractivity contribution < 1.29 is 18.7 Å². The van der Waals surface area contributed by atoms with Gasteiger partial charge in [0, 0.05) is 31.0 Å². The van der Waals surface area contributed by atoms with Crippen molar-refractivity contribution in [2.75, 3.05) is 50.0 Å². The quantitative estimate of drug-likeness (QED) is 0.649. The highest BCUT2D eigenvalue weighted by Crippen LogP contribution is 2.14. The molecule has 1 aliphatic heterocycles. The standard InChI is InChI=1S/C19H24N4O4/c24-18(17-3-1-12-27-17)21-15-4-6-16(7-5-15)22-19(25)20-8-2-9-23-10-13-26-14-11-23/h1,3-7,12H,2,8-11,13-14H2,(H,21,24)(H2,20,22,25). The van der Waals surface area contributed by atoms with Gasteiger partial charge >= 0.3 is 6.03 Å². The number of hydrogen-bond donors (Lipinski definition) is 3. The molecule has 1 aromatic heterocycles. The number of anilines is 2. The lowest BCUT2D eigenvalue weighted by Crippen LogP contribution is -2.38. The summed E-state index contributed by atoms with van der Waals surface area (Å²) in [5.41, 5.74) is 1.27. The predicted octanol–water partition coefficient (Wildman–Crippen LogP) is 2.38. The minimum atomic E-state index is -0.321. The van der Waals surface area contributed by atoms with Crippen LogP contribution in [-0.2, 0) is 4.74 Å². The number of morpholine rings is 1. The fourth-order valence-electron chi connectivity index (χ4n) is 2.74. The monoisotopic (exact) mass is 372 g/mol. The molecule has 0 unspecified atom stereocenters. The van der Waals surface area contributed by atoms with Gasteiger partial charge in [0.1, 0.15) is 0 Å². The first-order valence-corrected chi connectivity index (χ1v) is 9.00. The van der Waals surface area contributed by atoms with Gasteiger partial charge in [0.15, 0.2) is 5.76 Å². The number of benzene rings is 1. The molecule has 1 aromatic carbocycles. The first-order valence-electron chi connectivity index (χ1n) is 9.00. The van der Waals surface area contributed by atoms with Crippen LogP contribution in [0, 0.1) is 0 Å². The van der Waals surface area contributed by atoms with E-state index in [1.54, 1.807) is 36.4 Å². The number of carbonyl (C=O) groups is 2. The Labute approximate surface area is 157 Å². The fourth-order valence-corrected chi connectivity index (χ4v) is 2.74. The average Bonchev–Trinajstić information content (AvgIpc) is 3.23. The van der Waals surface area contributed by atoms with Crippen LogP contribution in [0.1, 0.15) is 17.0 Å². The van der Waals surface area contributed by atoms with Crippen molar-refractivity contribution in [1.82, 2.24) is 10.2 Å². The summed E-state index contributed by atoms with van der Waals surface area (Å²) in [6, 6.07) is 9.89. The van der Waals surface area contributed by atoms with Crippen LogP contribution in [0.2, 0.25) is 0 Å². The summed E-state index contributed by atoms with van der Waals surface area (Å²) in [5, 5.41) is 8.34. The third-order valence-corrected chi connectivity index (χ3v) is 4.19. The van der Waals surface area contributed by atoms with Gasteiger partial charge in [0.25, 0.3) is 5.91 Å². The van der Waals surface area contributed by atoms with Crippen LogP contribution in [0.25, 0.3) is 0 Å². The first-order chi connectivity index (χ1) is 13.2. The molecule has 1 saturated heterocycles. The van der Waals surface area contributed by atoms with Crippen LogP contribution in [0.4, 0.5) is 16.2 Å². The van der Waals surface area contributed by atoms with Crippen LogP contribution in [-0.4, -0.2) is 56.2 Å². The number of furan rings is 1. The molecule has 3 rings (SSSR count). The Hall–Kier alpha value is -2.84. The molecule has 0 radical (unpaired) electrons. The van der Waals surface area contributed by atoms with Crippen molar-refractivity contribution in [3.8, 4) is 0 Å². The number of hydrogen-bond acceptors (Lipinski definition) is 5. The molecule has 27 heavy (non-hydrogen) atoms. The average molecular weight is 372 g/mol. The van der Waals surface area contributed by atoms with E-state index in [2.05, 4.69) is 20.9 Å². The van der Waals surface area contributed by atoms with Crippen LogP contribution in [0.5, 0.6) is 0 Å². The van der Waals surface area contributed by atoms with Crippen LogP contribution in [0.15, 0.2) is 47.1 Å². The number of nitrogens with zero attached hydrogens (tertiary/aromatic N) is 1. The van der Waals surface area contributed by atoms with E-state index in [9.17, 15) is 9.59 Å². The van der Waals surface area contributed by atoms with Crippen molar-refractivity contribution in [2.45, 2.75) is 6.42 Å². The second kappa shape index (κ2) is 9.75. The van der Waals surface area contributed by atoms with Gasteiger partial charge in [0.2, 0.25) is 0 Å². The number of urea groups is 1. The van der Waals surface area contributed by atoms with Gasteiger partial charge in [-0.1, -0.05) is 0 Å². The summed E-state index contributed by atoms with van der Waals surface area (Å²) in [4.78, 5) is 26.2. The van der Waals surface area contributed by atoms with Gasteiger partial charge in [-0.05, 0) is 49.4 Å². The van der Waals surface area contributed by atoms with Crippen LogP contribution < -0.4 is 16.0 Å². The largest absolute Gasteiger partial charge is 0.459 e. The number of amides is 3. The summed E-state index contributed by atoms with van der Waals surface area (Å²) in [6.07, 6.45) is 2.34. The zero-order valence-electron chi connectivity index (χ0n) is 15.1. The molecule has 1 aliphatic rings. The molecule has 2 aromatic rings. The lowest BCUT2D eigenvalue weighted by atomic mass is 10.2. The number of ether oxygens (including phenoxy) is 1. The minimum absolute atomic E-state index is 0.244. The zero-order valence-corrected chi connectivity index (χ0v) is 15.1. The Morgan fingerprint density at radius 2 is 1.70 bits per heavy atom. The van der Waals surface area contributed by atoms with Gasteiger partial charge in [-0.15, -0.1) is 0 Å². The summed E-state index contributed by atoms with van der Waals surface area (Å²) in [7, 11) is 0. The summed E-state index contributed by atoms with van der Waals surface area (Å²) < 4.78 is 10.4. The molecule has 2 heterocycles. The second-order valence-electron chi connectivity index (χ2n) is 6.20. The molecule has 0 aliphatic carbocycles. The fraction of sp³-hybridized carbons (Fsp3) is 0.368. The molecule has 3 amide bonds. The van der Waals surface area contributed by atoms with E-state index in [1.807, 2.05) is 0 Å². The van der Waals surface area contributed by atoms with Gasteiger partial charge in [-0.3, -0.25) is 9.69 Å². The molecule has 3 N–H and O–H groups in total.